The number of thioether (sulfide) groups is 1. The van der Waals surface area contributed by atoms with Gasteiger partial charge in [-0.05, 0) is 25.2 Å². The van der Waals surface area contributed by atoms with Crippen LogP contribution in [0, 0.1) is 5.92 Å². The third-order valence-electron chi connectivity index (χ3n) is 2.49. The molecule has 2 atom stereocenters. The quantitative estimate of drug-likeness (QED) is 0.583. The van der Waals surface area contributed by atoms with Crippen LogP contribution in [-0.4, -0.2) is 23.8 Å². The minimum atomic E-state index is 0.747. The highest BCUT2D eigenvalue weighted by atomic mass is 32.2. The molecular weight excluding hydrogens is 154 g/mol. The zero-order valence-electron chi connectivity index (χ0n) is 6.79. The second kappa shape index (κ2) is 3.02. The number of hydrogen-bond acceptors (Lipinski definition) is 2. The predicted octanol–water partition coefficient (Wildman–Crippen LogP) is 2.14. The summed E-state index contributed by atoms with van der Waals surface area (Å²) in [6.07, 6.45) is 9.31. The van der Waals surface area contributed by atoms with E-state index in [1.165, 1.54) is 18.6 Å². The molecule has 1 nitrogen and oxygen atoms in total. The van der Waals surface area contributed by atoms with Crippen LogP contribution in [0.4, 0.5) is 0 Å². The van der Waals surface area contributed by atoms with Gasteiger partial charge in [0.05, 0.1) is 0 Å². The van der Waals surface area contributed by atoms with E-state index >= 15 is 0 Å². The molecule has 1 aliphatic heterocycles. The Bertz CT molecular complexity index is 208. The summed E-state index contributed by atoms with van der Waals surface area (Å²) in [6, 6.07) is 0. The number of hydrogen-bond donors (Lipinski definition) is 0. The Hall–Kier alpha value is -0.240. The molecule has 0 radical (unpaired) electrons. The highest BCUT2D eigenvalue weighted by molar-refractivity contribution is 7.99. The Labute approximate surface area is 72.0 Å². The van der Waals surface area contributed by atoms with Crippen molar-refractivity contribution in [2.24, 2.45) is 10.9 Å². The Balaban J connectivity index is 2.12. The van der Waals surface area contributed by atoms with Crippen molar-refractivity contribution < 1.29 is 0 Å². The minimum absolute atomic E-state index is 0.747. The van der Waals surface area contributed by atoms with Crippen LogP contribution < -0.4 is 0 Å². The highest BCUT2D eigenvalue weighted by Crippen LogP contribution is 2.29. The first-order chi connectivity index (χ1) is 5.40. The molecule has 0 fully saturated rings. The van der Waals surface area contributed by atoms with E-state index < -0.39 is 0 Å². The number of rotatable bonds is 1. The van der Waals surface area contributed by atoms with Gasteiger partial charge in [0.15, 0.2) is 0 Å². The summed E-state index contributed by atoms with van der Waals surface area (Å²) in [5.41, 5.74) is 1.36. The van der Waals surface area contributed by atoms with E-state index in [2.05, 4.69) is 23.4 Å². The van der Waals surface area contributed by atoms with Gasteiger partial charge in [-0.2, -0.15) is 11.8 Å². The lowest BCUT2D eigenvalue weighted by molar-refractivity contribution is 0.627. The summed E-state index contributed by atoms with van der Waals surface area (Å²) in [4.78, 5) is 4.45. The monoisotopic (exact) mass is 167 g/mol. The highest BCUT2D eigenvalue weighted by Gasteiger charge is 2.25. The van der Waals surface area contributed by atoms with E-state index in [1.54, 1.807) is 0 Å². The molecule has 0 saturated carbocycles. The number of aliphatic imine (C=N–C) groups is 1. The van der Waals surface area contributed by atoms with Crippen molar-refractivity contribution in [1.82, 2.24) is 0 Å². The third kappa shape index (κ3) is 1.36. The fraction of sp³-hybridized carbons (Fsp3) is 0.667. The smallest absolute Gasteiger partial charge is 0.0399 e. The van der Waals surface area contributed by atoms with Crippen LogP contribution in [0.1, 0.15) is 12.8 Å². The van der Waals surface area contributed by atoms with Crippen LogP contribution >= 0.6 is 11.8 Å². The average Bonchev–Trinajstić information content (AvgIpc) is 2.50. The Morgan fingerprint density at radius 2 is 2.55 bits per heavy atom. The van der Waals surface area contributed by atoms with Gasteiger partial charge >= 0.3 is 0 Å². The van der Waals surface area contributed by atoms with Crippen molar-refractivity contribution in [2.75, 3.05) is 12.8 Å². The lowest BCUT2D eigenvalue weighted by Crippen LogP contribution is -2.18. The first kappa shape index (κ1) is 7.41. The lowest BCUT2D eigenvalue weighted by atomic mass is 9.92. The van der Waals surface area contributed by atoms with Gasteiger partial charge in [-0.15, -0.1) is 0 Å². The maximum atomic E-state index is 4.45. The van der Waals surface area contributed by atoms with Crippen molar-refractivity contribution in [3.63, 3.8) is 0 Å². The molecule has 60 valence electrons. The standard InChI is InChI=1S/C9H13NS/c1-11-8-2-3-9-7(6-8)4-5-10-9/h2-3,7-8H,4-6H2,1H3. The predicted molar refractivity (Wildman–Crippen MR) is 51.5 cm³/mol. The molecule has 2 unspecified atom stereocenters. The molecule has 11 heavy (non-hydrogen) atoms. The molecule has 0 aromatic carbocycles. The van der Waals surface area contributed by atoms with Gasteiger partial charge in [-0.1, -0.05) is 6.08 Å². The average molecular weight is 167 g/mol. The molecule has 0 bridgehead atoms. The summed E-state index contributed by atoms with van der Waals surface area (Å²) >= 11 is 1.95. The molecule has 1 aliphatic carbocycles. The van der Waals surface area contributed by atoms with Crippen molar-refractivity contribution in [2.45, 2.75) is 18.1 Å². The summed E-state index contributed by atoms with van der Waals surface area (Å²) < 4.78 is 0. The summed E-state index contributed by atoms with van der Waals surface area (Å²) in [5.74, 6) is 0.789. The second-order valence-corrected chi connectivity index (χ2v) is 4.24. The largest absolute Gasteiger partial charge is 0.289 e. The van der Waals surface area contributed by atoms with Crippen molar-refractivity contribution >= 4 is 17.5 Å². The van der Waals surface area contributed by atoms with E-state index in [4.69, 9.17) is 0 Å². The van der Waals surface area contributed by atoms with Crippen LogP contribution in [0.25, 0.3) is 0 Å². The molecule has 0 aromatic heterocycles. The zero-order valence-corrected chi connectivity index (χ0v) is 7.60. The molecule has 0 N–H and O–H groups in total. The molecule has 1 heterocycles. The molecule has 2 rings (SSSR count). The van der Waals surface area contributed by atoms with Crippen LogP contribution in [0.5, 0.6) is 0 Å². The van der Waals surface area contributed by atoms with E-state index in [0.717, 1.165) is 17.7 Å². The van der Waals surface area contributed by atoms with Crippen LogP contribution in [0.2, 0.25) is 0 Å². The Morgan fingerprint density at radius 1 is 1.64 bits per heavy atom. The van der Waals surface area contributed by atoms with Crippen molar-refractivity contribution in [3.05, 3.63) is 12.2 Å². The van der Waals surface area contributed by atoms with E-state index in [1.807, 2.05) is 11.8 Å². The minimum Gasteiger partial charge on any atom is -0.289 e. The van der Waals surface area contributed by atoms with Gasteiger partial charge in [0.1, 0.15) is 0 Å². The number of fused-ring (bicyclic) bond motifs is 1. The third-order valence-corrected chi connectivity index (χ3v) is 3.45. The number of nitrogens with zero attached hydrogens (tertiary/aromatic N) is 1. The zero-order chi connectivity index (χ0) is 7.68. The maximum Gasteiger partial charge on any atom is 0.0399 e. The Morgan fingerprint density at radius 3 is 3.36 bits per heavy atom. The van der Waals surface area contributed by atoms with Gasteiger partial charge in [-0.25, -0.2) is 0 Å². The molecular formula is C9H13NS. The SMILES string of the molecule is CSC1C=CC2=NCCC2C1. The van der Waals surface area contributed by atoms with E-state index in [0.29, 0.717) is 0 Å². The summed E-state index contributed by atoms with van der Waals surface area (Å²) in [7, 11) is 0. The lowest BCUT2D eigenvalue weighted by Gasteiger charge is -2.20. The maximum absolute atomic E-state index is 4.45. The molecule has 0 spiro atoms. The summed E-state index contributed by atoms with van der Waals surface area (Å²) in [5, 5.41) is 0.747. The van der Waals surface area contributed by atoms with E-state index in [9.17, 15) is 0 Å². The normalized spacial score (nSPS) is 35.2. The molecule has 0 amide bonds. The van der Waals surface area contributed by atoms with Gasteiger partial charge in [0, 0.05) is 23.4 Å². The second-order valence-electron chi connectivity index (χ2n) is 3.16. The van der Waals surface area contributed by atoms with Crippen LogP contribution in [0.15, 0.2) is 17.1 Å². The Kier molecular flexibility index (Phi) is 2.03. The van der Waals surface area contributed by atoms with Gasteiger partial charge in [0.2, 0.25) is 0 Å². The van der Waals surface area contributed by atoms with Gasteiger partial charge in [0.25, 0.3) is 0 Å². The topological polar surface area (TPSA) is 12.4 Å². The molecule has 2 aliphatic rings. The fourth-order valence-corrected chi connectivity index (χ4v) is 2.45. The van der Waals surface area contributed by atoms with Crippen LogP contribution in [0.3, 0.4) is 0 Å². The molecule has 0 saturated heterocycles. The van der Waals surface area contributed by atoms with Crippen molar-refractivity contribution in [1.29, 1.82) is 0 Å². The van der Waals surface area contributed by atoms with Crippen molar-refractivity contribution in [3.8, 4) is 0 Å². The first-order valence-electron chi connectivity index (χ1n) is 4.15. The van der Waals surface area contributed by atoms with Crippen LogP contribution in [-0.2, 0) is 0 Å². The molecule has 0 aromatic rings. The first-order valence-corrected chi connectivity index (χ1v) is 5.44. The fourth-order valence-electron chi connectivity index (χ4n) is 1.79. The summed E-state index contributed by atoms with van der Waals surface area (Å²) in [6.45, 7) is 1.06. The molecule has 2 heteroatoms. The van der Waals surface area contributed by atoms with E-state index in [-0.39, 0.29) is 0 Å². The number of allylic oxidation sites excluding steroid dienone is 1. The van der Waals surface area contributed by atoms with Gasteiger partial charge < -0.3 is 0 Å². The van der Waals surface area contributed by atoms with Gasteiger partial charge in [-0.3, -0.25) is 4.99 Å².